The third-order valence-corrected chi connectivity index (χ3v) is 3.79. The molecule has 1 aromatic carbocycles. The molecule has 1 aliphatic heterocycles. The lowest BCUT2D eigenvalue weighted by molar-refractivity contribution is -0.118. The molecule has 0 saturated carbocycles. The molecule has 3 amide bonds. The van der Waals surface area contributed by atoms with E-state index in [-0.39, 0.29) is 5.91 Å². The molecule has 0 bridgehead atoms. The van der Waals surface area contributed by atoms with Crippen molar-refractivity contribution in [1.82, 2.24) is 5.32 Å². The van der Waals surface area contributed by atoms with Crippen LogP contribution >= 0.6 is 0 Å². The predicted octanol–water partition coefficient (Wildman–Crippen LogP) is 2.76. The fourth-order valence-electron chi connectivity index (χ4n) is 2.22. The number of anilines is 2. The lowest BCUT2D eigenvalue weighted by Crippen LogP contribution is -2.45. The maximum Gasteiger partial charge on any atom is 0.319 e. The van der Waals surface area contributed by atoms with Crippen molar-refractivity contribution in [2.45, 2.75) is 38.7 Å². The van der Waals surface area contributed by atoms with Crippen molar-refractivity contribution in [3.8, 4) is 0 Å². The predicted molar refractivity (Wildman–Crippen MR) is 80.4 cm³/mol. The van der Waals surface area contributed by atoms with Crippen LogP contribution in [0.4, 0.5) is 25.0 Å². The molecule has 0 radical (unpaired) electrons. The number of hydrogen-bond donors (Lipinski definition) is 2. The first-order valence-corrected chi connectivity index (χ1v) is 7.03. The molecule has 22 heavy (non-hydrogen) atoms. The van der Waals surface area contributed by atoms with E-state index in [2.05, 4.69) is 10.6 Å². The molecule has 1 aliphatic rings. The van der Waals surface area contributed by atoms with Crippen LogP contribution in [0.2, 0.25) is 0 Å². The van der Waals surface area contributed by atoms with E-state index in [9.17, 15) is 18.4 Å². The summed E-state index contributed by atoms with van der Waals surface area (Å²) < 4.78 is 26.1. The van der Waals surface area contributed by atoms with E-state index >= 15 is 0 Å². The van der Waals surface area contributed by atoms with Crippen molar-refractivity contribution in [1.29, 1.82) is 0 Å². The standard InChI is InChI=1S/C15H19F2N3O2/c1-9(15(2,16)17)18-14(22)19-11-5-6-12-10(8-11)4-7-13(21)20(12)3/h5-6,8-9H,4,7H2,1-3H3,(H2,18,19,22). The van der Waals surface area contributed by atoms with Gasteiger partial charge in [0.05, 0.1) is 6.04 Å². The molecular formula is C15H19F2N3O2. The summed E-state index contributed by atoms with van der Waals surface area (Å²) in [4.78, 5) is 24.9. The monoisotopic (exact) mass is 311 g/mol. The molecule has 1 unspecified atom stereocenters. The molecule has 1 heterocycles. The number of carbonyl (C=O) groups excluding carboxylic acids is 2. The summed E-state index contributed by atoms with van der Waals surface area (Å²) in [6.07, 6.45) is 1.01. The third-order valence-electron chi connectivity index (χ3n) is 3.79. The Hall–Kier alpha value is -2.18. The summed E-state index contributed by atoms with van der Waals surface area (Å²) in [5.41, 5.74) is 2.25. The van der Waals surface area contributed by atoms with Crippen LogP contribution in [0.15, 0.2) is 18.2 Å². The highest BCUT2D eigenvalue weighted by Gasteiger charge is 2.31. The molecular weight excluding hydrogens is 292 g/mol. The molecule has 0 fully saturated rings. The zero-order valence-corrected chi connectivity index (χ0v) is 12.7. The van der Waals surface area contributed by atoms with Crippen molar-refractivity contribution in [3.63, 3.8) is 0 Å². The lowest BCUT2D eigenvalue weighted by Gasteiger charge is -2.26. The first-order chi connectivity index (χ1) is 10.2. The smallest absolute Gasteiger partial charge is 0.319 e. The van der Waals surface area contributed by atoms with Gasteiger partial charge in [-0.2, -0.15) is 0 Å². The van der Waals surface area contributed by atoms with Gasteiger partial charge >= 0.3 is 6.03 Å². The van der Waals surface area contributed by atoms with Crippen LogP contribution in [0.1, 0.15) is 25.8 Å². The Kier molecular flexibility index (Phi) is 4.35. The number of halogens is 2. The number of amides is 3. The summed E-state index contributed by atoms with van der Waals surface area (Å²) in [5.74, 6) is -2.94. The molecule has 120 valence electrons. The molecule has 2 rings (SSSR count). The lowest BCUT2D eigenvalue weighted by atomic mass is 10.0. The van der Waals surface area contributed by atoms with E-state index in [1.165, 1.54) is 6.92 Å². The van der Waals surface area contributed by atoms with Gasteiger partial charge in [0.25, 0.3) is 5.92 Å². The van der Waals surface area contributed by atoms with Crippen LogP contribution in [0.3, 0.4) is 0 Å². The van der Waals surface area contributed by atoms with Gasteiger partial charge in [0.2, 0.25) is 5.91 Å². The SMILES string of the molecule is CC(NC(=O)Nc1ccc2c(c1)CCC(=O)N2C)C(C)(F)F. The Morgan fingerprint density at radius 2 is 2.05 bits per heavy atom. The van der Waals surface area contributed by atoms with E-state index < -0.39 is 18.0 Å². The second kappa shape index (κ2) is 5.90. The highest BCUT2D eigenvalue weighted by Crippen LogP contribution is 2.29. The number of aryl methyl sites for hydroxylation is 1. The van der Waals surface area contributed by atoms with Crippen LogP contribution in [0.25, 0.3) is 0 Å². The van der Waals surface area contributed by atoms with Gasteiger partial charge in [-0.3, -0.25) is 4.79 Å². The first kappa shape index (κ1) is 16.2. The zero-order valence-electron chi connectivity index (χ0n) is 12.7. The van der Waals surface area contributed by atoms with E-state index in [4.69, 9.17) is 0 Å². The summed E-state index contributed by atoms with van der Waals surface area (Å²) in [7, 11) is 1.70. The van der Waals surface area contributed by atoms with Crippen LogP contribution in [0.5, 0.6) is 0 Å². The number of nitrogens with one attached hydrogen (secondary N) is 2. The largest absolute Gasteiger partial charge is 0.329 e. The van der Waals surface area contributed by atoms with E-state index in [1.54, 1.807) is 30.1 Å². The van der Waals surface area contributed by atoms with E-state index in [0.717, 1.165) is 18.2 Å². The Morgan fingerprint density at radius 1 is 1.36 bits per heavy atom. The van der Waals surface area contributed by atoms with E-state index in [0.29, 0.717) is 18.5 Å². The van der Waals surface area contributed by atoms with E-state index in [1.807, 2.05) is 0 Å². The fourth-order valence-corrected chi connectivity index (χ4v) is 2.22. The van der Waals surface area contributed by atoms with Crippen molar-refractivity contribution in [3.05, 3.63) is 23.8 Å². The summed E-state index contributed by atoms with van der Waals surface area (Å²) >= 11 is 0. The van der Waals surface area contributed by atoms with Gasteiger partial charge in [0.1, 0.15) is 0 Å². The number of alkyl halides is 2. The van der Waals surface area contributed by atoms with Crippen molar-refractivity contribution >= 4 is 23.3 Å². The zero-order chi connectivity index (χ0) is 16.5. The fraction of sp³-hybridized carbons (Fsp3) is 0.467. The molecule has 0 aliphatic carbocycles. The minimum absolute atomic E-state index is 0.0463. The van der Waals surface area contributed by atoms with Gasteiger partial charge in [-0.25, -0.2) is 13.6 Å². The number of urea groups is 1. The summed E-state index contributed by atoms with van der Waals surface area (Å²) in [6, 6.07) is 3.18. The van der Waals surface area contributed by atoms with Gasteiger partial charge < -0.3 is 15.5 Å². The minimum atomic E-state index is -2.99. The van der Waals surface area contributed by atoms with Gasteiger partial charge in [-0.05, 0) is 37.1 Å². The van der Waals surface area contributed by atoms with Gasteiger partial charge in [0.15, 0.2) is 0 Å². The maximum atomic E-state index is 13.0. The Labute approximate surface area is 127 Å². The first-order valence-electron chi connectivity index (χ1n) is 7.03. The maximum absolute atomic E-state index is 13.0. The highest BCUT2D eigenvalue weighted by atomic mass is 19.3. The topological polar surface area (TPSA) is 61.4 Å². The molecule has 1 aromatic rings. The number of nitrogens with zero attached hydrogens (tertiary/aromatic N) is 1. The third kappa shape index (κ3) is 3.52. The number of carbonyl (C=O) groups is 2. The Balaban J connectivity index is 2.06. The average Bonchev–Trinajstić information content (AvgIpc) is 2.42. The van der Waals surface area contributed by atoms with Crippen LogP contribution in [0, 0.1) is 0 Å². The van der Waals surface area contributed by atoms with Gasteiger partial charge in [-0.1, -0.05) is 0 Å². The summed E-state index contributed by atoms with van der Waals surface area (Å²) in [5, 5.41) is 4.73. The second-order valence-electron chi connectivity index (χ2n) is 5.57. The Morgan fingerprint density at radius 3 is 2.68 bits per heavy atom. The van der Waals surface area contributed by atoms with Crippen LogP contribution in [-0.2, 0) is 11.2 Å². The van der Waals surface area contributed by atoms with Crippen LogP contribution in [-0.4, -0.2) is 31.0 Å². The average molecular weight is 311 g/mol. The highest BCUT2D eigenvalue weighted by molar-refractivity contribution is 5.97. The Bertz CT molecular complexity index is 599. The molecule has 1 atom stereocenters. The normalized spacial score (nSPS) is 16.0. The number of benzene rings is 1. The van der Waals surface area contributed by atoms with Crippen LogP contribution < -0.4 is 15.5 Å². The molecule has 7 heteroatoms. The van der Waals surface area contributed by atoms with Gasteiger partial charge in [-0.15, -0.1) is 0 Å². The quantitative estimate of drug-likeness (QED) is 0.901. The number of rotatable bonds is 3. The summed E-state index contributed by atoms with van der Waals surface area (Å²) in [6.45, 7) is 2.00. The van der Waals surface area contributed by atoms with Crippen molar-refractivity contribution in [2.75, 3.05) is 17.3 Å². The second-order valence-corrected chi connectivity index (χ2v) is 5.57. The molecule has 2 N–H and O–H groups in total. The molecule has 5 nitrogen and oxygen atoms in total. The number of hydrogen-bond acceptors (Lipinski definition) is 2. The molecule has 0 aromatic heterocycles. The minimum Gasteiger partial charge on any atom is -0.329 e. The van der Waals surface area contributed by atoms with Crippen molar-refractivity contribution < 1.29 is 18.4 Å². The molecule has 0 saturated heterocycles. The van der Waals surface area contributed by atoms with Gasteiger partial charge in [0, 0.05) is 31.8 Å². The van der Waals surface area contributed by atoms with Crippen molar-refractivity contribution in [2.24, 2.45) is 0 Å². The number of fused-ring (bicyclic) bond motifs is 1. The molecule has 0 spiro atoms.